The molecule has 0 atom stereocenters. The average molecular weight is 143 g/mol. The van der Waals surface area contributed by atoms with Crippen LogP contribution >= 0.6 is 11.3 Å². The predicted molar refractivity (Wildman–Crippen MR) is 36.1 cm³/mol. The summed E-state index contributed by atoms with van der Waals surface area (Å²) in [6.45, 7) is 0. The van der Waals surface area contributed by atoms with Crippen LogP contribution in [0.3, 0.4) is 0 Å². The van der Waals surface area contributed by atoms with E-state index in [1.54, 1.807) is 0 Å². The number of nitrogens with two attached hydrogens (primary N) is 1. The van der Waals surface area contributed by atoms with Gasteiger partial charge in [0, 0.05) is 6.21 Å². The number of nitrogen functional groups attached to an aromatic ring is 1. The van der Waals surface area contributed by atoms with E-state index in [0.29, 0.717) is 4.88 Å². The van der Waals surface area contributed by atoms with Gasteiger partial charge in [-0.3, -0.25) is 0 Å². The summed E-state index contributed by atoms with van der Waals surface area (Å²) in [5.41, 5.74) is 5.20. The third kappa shape index (κ3) is 0.996. The van der Waals surface area contributed by atoms with Crippen LogP contribution in [0.25, 0.3) is 0 Å². The van der Waals surface area contributed by atoms with Crippen LogP contribution in [-0.4, -0.2) is 16.3 Å². The topological polar surface area (TPSA) is 83.0 Å². The normalized spacial score (nSPS) is 9.33. The second kappa shape index (κ2) is 2.02. The highest BCUT2D eigenvalue weighted by Gasteiger charge is 2.02. The van der Waals surface area contributed by atoms with Gasteiger partial charge in [0.15, 0.2) is 5.13 Å². The van der Waals surface area contributed by atoms with E-state index in [0.717, 1.165) is 17.6 Å². The number of hydrogen-bond donors (Lipinski definition) is 3. The summed E-state index contributed by atoms with van der Waals surface area (Å²) in [6, 6.07) is 0. The summed E-state index contributed by atoms with van der Waals surface area (Å²) in [7, 11) is 0. The molecule has 0 amide bonds. The molecule has 0 aliphatic carbocycles. The minimum absolute atomic E-state index is 0.160. The molecule has 0 radical (unpaired) electrons. The first kappa shape index (κ1) is 6.03. The van der Waals surface area contributed by atoms with Crippen molar-refractivity contribution in [3.8, 4) is 5.88 Å². The van der Waals surface area contributed by atoms with Gasteiger partial charge in [0.1, 0.15) is 4.88 Å². The van der Waals surface area contributed by atoms with Crippen molar-refractivity contribution in [3.05, 3.63) is 4.88 Å². The quantitative estimate of drug-likeness (QED) is 0.498. The Morgan fingerprint density at radius 1 is 1.78 bits per heavy atom. The molecule has 1 aromatic rings. The number of thiazole rings is 1. The number of nitrogens with one attached hydrogen (secondary N) is 1. The van der Waals surface area contributed by atoms with Gasteiger partial charge in [-0.15, -0.1) is 0 Å². The van der Waals surface area contributed by atoms with E-state index in [2.05, 4.69) is 4.98 Å². The van der Waals surface area contributed by atoms with Crippen molar-refractivity contribution in [2.75, 3.05) is 5.73 Å². The minimum Gasteiger partial charge on any atom is -0.492 e. The molecule has 5 heteroatoms. The van der Waals surface area contributed by atoms with Crippen molar-refractivity contribution in [2.45, 2.75) is 0 Å². The fourth-order valence-corrected chi connectivity index (χ4v) is 0.988. The number of aromatic hydroxyl groups is 1. The van der Waals surface area contributed by atoms with Gasteiger partial charge in [0.05, 0.1) is 0 Å². The molecule has 0 unspecified atom stereocenters. The zero-order valence-electron chi connectivity index (χ0n) is 4.46. The highest BCUT2D eigenvalue weighted by atomic mass is 32.1. The van der Waals surface area contributed by atoms with E-state index in [1.807, 2.05) is 0 Å². The van der Waals surface area contributed by atoms with Gasteiger partial charge >= 0.3 is 0 Å². The number of rotatable bonds is 1. The SMILES string of the molecule is N=Cc1sc(N)nc1O. The number of aromatic nitrogens is 1. The van der Waals surface area contributed by atoms with E-state index < -0.39 is 0 Å². The van der Waals surface area contributed by atoms with Crippen LogP contribution in [0.5, 0.6) is 5.88 Å². The molecule has 0 saturated heterocycles. The molecule has 0 aromatic carbocycles. The maximum atomic E-state index is 8.80. The smallest absolute Gasteiger partial charge is 0.233 e. The van der Waals surface area contributed by atoms with Crippen LogP contribution in [0.2, 0.25) is 0 Å². The van der Waals surface area contributed by atoms with Crippen LogP contribution < -0.4 is 5.73 Å². The molecule has 0 saturated carbocycles. The van der Waals surface area contributed by atoms with Gasteiger partial charge in [-0.05, 0) is 0 Å². The molecule has 1 rings (SSSR count). The molecular formula is C4H5N3OS. The largest absolute Gasteiger partial charge is 0.492 e. The van der Waals surface area contributed by atoms with E-state index in [4.69, 9.17) is 16.2 Å². The molecule has 0 aliphatic heterocycles. The maximum Gasteiger partial charge on any atom is 0.233 e. The van der Waals surface area contributed by atoms with E-state index in [-0.39, 0.29) is 11.0 Å². The molecule has 48 valence electrons. The van der Waals surface area contributed by atoms with Gasteiger partial charge in [0.25, 0.3) is 0 Å². The lowest BCUT2D eigenvalue weighted by atomic mass is 10.6. The third-order valence-electron chi connectivity index (χ3n) is 0.782. The lowest BCUT2D eigenvalue weighted by Crippen LogP contribution is -1.78. The zero-order valence-corrected chi connectivity index (χ0v) is 5.27. The van der Waals surface area contributed by atoms with E-state index in [9.17, 15) is 0 Å². The Hall–Kier alpha value is -1.10. The second-order valence-electron chi connectivity index (χ2n) is 1.38. The summed E-state index contributed by atoms with van der Waals surface area (Å²) in [5.74, 6) is -0.160. The van der Waals surface area contributed by atoms with Gasteiger partial charge in [-0.25, -0.2) is 0 Å². The molecule has 0 spiro atoms. The lowest BCUT2D eigenvalue weighted by molar-refractivity contribution is 0.457. The predicted octanol–water partition coefficient (Wildman–Crippen LogP) is 0.429. The van der Waals surface area contributed by atoms with Crippen molar-refractivity contribution in [1.29, 1.82) is 5.41 Å². The van der Waals surface area contributed by atoms with Crippen molar-refractivity contribution >= 4 is 22.7 Å². The van der Waals surface area contributed by atoms with Crippen molar-refractivity contribution in [2.24, 2.45) is 0 Å². The number of anilines is 1. The summed E-state index contributed by atoms with van der Waals surface area (Å²) in [5, 5.41) is 15.8. The maximum absolute atomic E-state index is 8.80. The lowest BCUT2D eigenvalue weighted by Gasteiger charge is -1.78. The Bertz CT molecular complexity index is 232. The standard InChI is InChI=1S/C4H5N3OS/c5-1-2-3(8)7-4(6)9-2/h1,5,8H,(H2,6,7). The molecule has 1 aromatic heterocycles. The van der Waals surface area contributed by atoms with E-state index in [1.165, 1.54) is 0 Å². The fraction of sp³-hybridized carbons (Fsp3) is 0. The zero-order chi connectivity index (χ0) is 6.85. The molecule has 4 nitrogen and oxygen atoms in total. The molecule has 0 aliphatic rings. The van der Waals surface area contributed by atoms with Crippen LogP contribution in [0.1, 0.15) is 4.88 Å². The first-order valence-electron chi connectivity index (χ1n) is 2.20. The van der Waals surface area contributed by atoms with Gasteiger partial charge in [-0.1, -0.05) is 11.3 Å². The Morgan fingerprint density at radius 2 is 2.44 bits per heavy atom. The van der Waals surface area contributed by atoms with Gasteiger partial charge in [0.2, 0.25) is 5.88 Å². The molecular weight excluding hydrogens is 138 g/mol. The van der Waals surface area contributed by atoms with Crippen molar-refractivity contribution < 1.29 is 5.11 Å². The summed E-state index contributed by atoms with van der Waals surface area (Å²) in [6.07, 6.45) is 1.02. The van der Waals surface area contributed by atoms with Crippen molar-refractivity contribution in [3.63, 3.8) is 0 Å². The molecule has 0 bridgehead atoms. The Morgan fingerprint density at radius 3 is 2.67 bits per heavy atom. The summed E-state index contributed by atoms with van der Waals surface area (Å²) in [4.78, 5) is 3.88. The highest BCUT2D eigenvalue weighted by molar-refractivity contribution is 7.17. The number of hydrogen-bond acceptors (Lipinski definition) is 5. The van der Waals surface area contributed by atoms with Gasteiger partial charge < -0.3 is 16.2 Å². The minimum atomic E-state index is -0.160. The summed E-state index contributed by atoms with van der Waals surface area (Å²) < 4.78 is 0. The Kier molecular flexibility index (Phi) is 1.35. The Balaban J connectivity index is 3.15. The van der Waals surface area contributed by atoms with Crippen molar-refractivity contribution in [1.82, 2.24) is 4.98 Å². The fourth-order valence-electron chi connectivity index (χ4n) is 0.435. The van der Waals surface area contributed by atoms with Gasteiger partial charge in [-0.2, -0.15) is 4.98 Å². The van der Waals surface area contributed by atoms with Crippen LogP contribution in [-0.2, 0) is 0 Å². The summed E-state index contributed by atoms with van der Waals surface area (Å²) >= 11 is 1.09. The number of nitrogens with zero attached hydrogens (tertiary/aromatic N) is 1. The highest BCUT2D eigenvalue weighted by Crippen LogP contribution is 2.22. The first-order valence-corrected chi connectivity index (χ1v) is 3.01. The van der Waals surface area contributed by atoms with Crippen LogP contribution in [0, 0.1) is 5.41 Å². The van der Waals surface area contributed by atoms with E-state index >= 15 is 0 Å². The molecule has 0 fully saturated rings. The molecule has 1 heterocycles. The monoisotopic (exact) mass is 143 g/mol. The van der Waals surface area contributed by atoms with Crippen LogP contribution in [0.15, 0.2) is 0 Å². The average Bonchev–Trinajstić information content (AvgIpc) is 2.10. The second-order valence-corrected chi connectivity index (χ2v) is 2.45. The van der Waals surface area contributed by atoms with Crippen LogP contribution in [0.4, 0.5) is 5.13 Å². The first-order chi connectivity index (χ1) is 4.24. The Labute approximate surface area is 55.5 Å². The third-order valence-corrected chi connectivity index (χ3v) is 1.60. The molecule has 9 heavy (non-hydrogen) atoms. The molecule has 4 N–H and O–H groups in total.